The predicted octanol–water partition coefficient (Wildman–Crippen LogP) is 4.43. The van der Waals surface area contributed by atoms with E-state index in [1.54, 1.807) is 37.2 Å². The number of hydrogen-bond acceptors (Lipinski definition) is 6. The predicted molar refractivity (Wildman–Crippen MR) is 110 cm³/mol. The third kappa shape index (κ3) is 4.56. The summed E-state index contributed by atoms with van der Waals surface area (Å²) in [7, 11) is 0. The molecule has 0 fully saturated rings. The lowest BCUT2D eigenvalue weighted by Crippen LogP contribution is -1.87. The molecule has 0 spiro atoms. The van der Waals surface area contributed by atoms with Crippen LogP contribution in [0.25, 0.3) is 11.4 Å². The summed E-state index contributed by atoms with van der Waals surface area (Å²) in [6.07, 6.45) is 10.3. The van der Waals surface area contributed by atoms with E-state index in [0.717, 1.165) is 34.2 Å². The molecule has 4 rings (SSSR count). The maximum absolute atomic E-state index is 4.44. The zero-order valence-electron chi connectivity index (χ0n) is 14.9. The molecule has 0 aliphatic heterocycles. The molecule has 0 saturated carbocycles. The molecule has 6 nitrogen and oxygen atoms in total. The number of aliphatic imine (C=N–C) groups is 2. The van der Waals surface area contributed by atoms with E-state index in [0.29, 0.717) is 0 Å². The normalized spacial score (nSPS) is 11.3. The number of nitrogens with zero attached hydrogens (tertiary/aromatic N) is 6. The molecule has 0 bridgehead atoms. The average molecular weight is 364 g/mol. The first-order chi connectivity index (χ1) is 13.9. The van der Waals surface area contributed by atoms with Gasteiger partial charge in [0.2, 0.25) is 0 Å². The molecule has 0 unspecified atom stereocenters. The van der Waals surface area contributed by atoms with Crippen LogP contribution in [-0.4, -0.2) is 32.4 Å². The fraction of sp³-hybridized carbons (Fsp3) is 0. The summed E-state index contributed by atoms with van der Waals surface area (Å²) in [6.45, 7) is 0. The molecule has 0 aliphatic rings. The molecule has 0 N–H and O–H groups in total. The topological polar surface area (TPSA) is 76.3 Å². The molecule has 28 heavy (non-hydrogen) atoms. The Kier molecular flexibility index (Phi) is 5.30. The van der Waals surface area contributed by atoms with Crippen LogP contribution in [0.2, 0.25) is 0 Å². The largest absolute Gasteiger partial charge is 0.255 e. The van der Waals surface area contributed by atoms with Crippen molar-refractivity contribution >= 4 is 23.8 Å². The molecule has 6 heteroatoms. The maximum atomic E-state index is 4.44. The molecule has 0 aliphatic carbocycles. The van der Waals surface area contributed by atoms with Crippen molar-refractivity contribution in [2.75, 3.05) is 0 Å². The van der Waals surface area contributed by atoms with Gasteiger partial charge in [-0.25, -0.2) is 0 Å². The second kappa shape index (κ2) is 8.55. The van der Waals surface area contributed by atoms with Crippen molar-refractivity contribution in [1.82, 2.24) is 19.9 Å². The molecular weight excluding hydrogens is 348 g/mol. The first-order valence-electron chi connectivity index (χ1n) is 8.69. The Morgan fingerprint density at radius 1 is 0.536 bits per heavy atom. The van der Waals surface area contributed by atoms with Crippen LogP contribution in [0.4, 0.5) is 11.4 Å². The Morgan fingerprint density at radius 3 is 1.39 bits per heavy atom. The van der Waals surface area contributed by atoms with Crippen molar-refractivity contribution in [3.63, 3.8) is 0 Å². The van der Waals surface area contributed by atoms with Gasteiger partial charge in [-0.1, -0.05) is 12.1 Å². The fourth-order valence-electron chi connectivity index (χ4n) is 2.41. The Bertz CT molecular complexity index is 982. The third-order valence-electron chi connectivity index (χ3n) is 3.83. The summed E-state index contributed by atoms with van der Waals surface area (Å²) in [6, 6.07) is 19.0. The second-order valence-electron chi connectivity index (χ2n) is 5.83. The minimum atomic E-state index is 0.756. The quantitative estimate of drug-likeness (QED) is 0.491. The van der Waals surface area contributed by atoms with Gasteiger partial charge in [-0.05, 0) is 48.5 Å². The zero-order chi connectivity index (χ0) is 19.0. The smallest absolute Gasteiger partial charge is 0.0887 e. The van der Waals surface area contributed by atoms with Gasteiger partial charge in [0.1, 0.15) is 0 Å². The van der Waals surface area contributed by atoms with Crippen LogP contribution < -0.4 is 0 Å². The van der Waals surface area contributed by atoms with Gasteiger partial charge in [0, 0.05) is 12.4 Å². The van der Waals surface area contributed by atoms with Gasteiger partial charge in [-0.3, -0.25) is 29.9 Å². The van der Waals surface area contributed by atoms with Crippen molar-refractivity contribution < 1.29 is 0 Å². The van der Waals surface area contributed by atoms with Crippen LogP contribution in [0.15, 0.2) is 95.4 Å². The summed E-state index contributed by atoms with van der Waals surface area (Å²) >= 11 is 0. The maximum Gasteiger partial charge on any atom is 0.0887 e. The van der Waals surface area contributed by atoms with Gasteiger partial charge in [0.25, 0.3) is 0 Å². The van der Waals surface area contributed by atoms with Gasteiger partial charge < -0.3 is 0 Å². The van der Waals surface area contributed by atoms with Gasteiger partial charge >= 0.3 is 0 Å². The summed E-state index contributed by atoms with van der Waals surface area (Å²) in [5.41, 5.74) is 4.66. The highest BCUT2D eigenvalue weighted by Gasteiger charge is 2.01. The number of pyridine rings is 4. The van der Waals surface area contributed by atoms with Gasteiger partial charge in [0.05, 0.1) is 59.0 Å². The highest BCUT2D eigenvalue weighted by Crippen LogP contribution is 2.20. The van der Waals surface area contributed by atoms with E-state index in [1.807, 2.05) is 60.7 Å². The van der Waals surface area contributed by atoms with Crippen molar-refractivity contribution in [2.45, 2.75) is 0 Å². The highest BCUT2D eigenvalue weighted by atomic mass is 14.8. The molecule has 0 atom stereocenters. The van der Waals surface area contributed by atoms with Crippen LogP contribution in [0.5, 0.6) is 0 Å². The number of aromatic nitrogens is 4. The standard InChI is InChI=1S/C22H16N6/c1-3-11-23-17(5-1)13-25-19-7-9-21(27-15-19)22-10-8-20(16-28-22)26-14-18-6-2-4-12-24-18/h1-16H. The van der Waals surface area contributed by atoms with E-state index < -0.39 is 0 Å². The fourth-order valence-corrected chi connectivity index (χ4v) is 2.41. The second-order valence-corrected chi connectivity index (χ2v) is 5.83. The molecule has 0 radical (unpaired) electrons. The Balaban J connectivity index is 1.44. The molecule has 0 saturated heterocycles. The zero-order valence-corrected chi connectivity index (χ0v) is 14.9. The van der Waals surface area contributed by atoms with Gasteiger partial charge in [0.15, 0.2) is 0 Å². The minimum Gasteiger partial charge on any atom is -0.255 e. The highest BCUT2D eigenvalue weighted by molar-refractivity contribution is 5.80. The molecule has 134 valence electrons. The minimum absolute atomic E-state index is 0.756. The lowest BCUT2D eigenvalue weighted by atomic mass is 10.2. The monoisotopic (exact) mass is 364 g/mol. The van der Waals surface area contributed by atoms with E-state index in [4.69, 9.17) is 0 Å². The lowest BCUT2D eigenvalue weighted by molar-refractivity contribution is 1.23. The Hall–Kier alpha value is -4.06. The van der Waals surface area contributed by atoms with Crippen molar-refractivity contribution in [3.05, 3.63) is 96.8 Å². The molecule has 4 heterocycles. The first kappa shape index (κ1) is 17.4. The van der Waals surface area contributed by atoms with Crippen molar-refractivity contribution in [3.8, 4) is 11.4 Å². The van der Waals surface area contributed by atoms with Crippen LogP contribution in [0, 0.1) is 0 Å². The third-order valence-corrected chi connectivity index (χ3v) is 3.83. The Labute approximate surface area is 162 Å². The Morgan fingerprint density at radius 2 is 1.04 bits per heavy atom. The van der Waals surface area contributed by atoms with Crippen LogP contribution >= 0.6 is 0 Å². The van der Waals surface area contributed by atoms with E-state index in [-0.39, 0.29) is 0 Å². The summed E-state index contributed by atoms with van der Waals surface area (Å²) in [4.78, 5) is 26.1. The van der Waals surface area contributed by atoms with Gasteiger partial charge in [-0.15, -0.1) is 0 Å². The lowest BCUT2D eigenvalue weighted by Gasteiger charge is -2.01. The van der Waals surface area contributed by atoms with Crippen LogP contribution in [-0.2, 0) is 0 Å². The van der Waals surface area contributed by atoms with Crippen molar-refractivity contribution in [1.29, 1.82) is 0 Å². The van der Waals surface area contributed by atoms with Crippen LogP contribution in [0.3, 0.4) is 0 Å². The van der Waals surface area contributed by atoms with Crippen molar-refractivity contribution in [2.24, 2.45) is 9.98 Å². The molecular formula is C22H16N6. The number of rotatable bonds is 5. The molecule has 4 aromatic heterocycles. The SMILES string of the molecule is C(=Nc1ccc(-c2ccc(N=Cc3ccccn3)cn2)nc1)c1ccccn1. The van der Waals surface area contributed by atoms with E-state index >= 15 is 0 Å². The van der Waals surface area contributed by atoms with E-state index in [1.165, 1.54) is 0 Å². The molecule has 0 amide bonds. The first-order valence-corrected chi connectivity index (χ1v) is 8.69. The van der Waals surface area contributed by atoms with Gasteiger partial charge in [-0.2, -0.15) is 0 Å². The number of hydrogen-bond donors (Lipinski definition) is 0. The summed E-state index contributed by atoms with van der Waals surface area (Å²) in [5.74, 6) is 0. The molecule has 0 aromatic carbocycles. The average Bonchev–Trinajstić information content (AvgIpc) is 2.78. The molecule has 4 aromatic rings. The van der Waals surface area contributed by atoms with E-state index in [9.17, 15) is 0 Å². The summed E-state index contributed by atoms with van der Waals surface area (Å²) in [5, 5.41) is 0. The summed E-state index contributed by atoms with van der Waals surface area (Å²) < 4.78 is 0. The van der Waals surface area contributed by atoms with E-state index in [2.05, 4.69) is 29.9 Å². The van der Waals surface area contributed by atoms with Crippen LogP contribution in [0.1, 0.15) is 11.4 Å².